The first-order valence-corrected chi connectivity index (χ1v) is 8.45. The SMILES string of the molecule is Cc1nc(NCCNS(C)(=O)=O)cc(C2CC(O)C2)n1. The first kappa shape index (κ1) is 15.1. The summed E-state index contributed by atoms with van der Waals surface area (Å²) in [6.07, 6.45) is 2.39. The van der Waals surface area contributed by atoms with E-state index < -0.39 is 10.0 Å². The molecule has 1 saturated carbocycles. The number of anilines is 1. The number of nitrogens with one attached hydrogen (secondary N) is 2. The summed E-state index contributed by atoms with van der Waals surface area (Å²) in [5, 5.41) is 12.4. The zero-order chi connectivity index (χ0) is 14.8. The molecule has 1 aromatic rings. The first-order chi connectivity index (χ1) is 9.33. The second kappa shape index (κ2) is 6.02. The molecule has 1 aliphatic rings. The molecule has 7 nitrogen and oxygen atoms in total. The van der Waals surface area contributed by atoms with Gasteiger partial charge in [0.2, 0.25) is 10.0 Å². The fourth-order valence-corrected chi connectivity index (χ4v) is 2.62. The summed E-state index contributed by atoms with van der Waals surface area (Å²) in [5.74, 6) is 1.65. The zero-order valence-electron chi connectivity index (χ0n) is 11.6. The fraction of sp³-hybridized carbons (Fsp3) is 0.667. The highest BCUT2D eigenvalue weighted by atomic mass is 32.2. The molecule has 0 aliphatic heterocycles. The normalized spacial score (nSPS) is 22.4. The molecule has 0 bridgehead atoms. The molecule has 1 aliphatic carbocycles. The Hall–Kier alpha value is -1.25. The molecule has 1 heterocycles. The van der Waals surface area contributed by atoms with Crippen molar-refractivity contribution in [2.45, 2.75) is 31.8 Å². The smallest absolute Gasteiger partial charge is 0.208 e. The Morgan fingerprint density at radius 1 is 1.35 bits per heavy atom. The molecule has 3 N–H and O–H groups in total. The lowest BCUT2D eigenvalue weighted by Crippen LogP contribution is -2.28. The first-order valence-electron chi connectivity index (χ1n) is 6.55. The van der Waals surface area contributed by atoms with Crippen LogP contribution in [0.5, 0.6) is 0 Å². The molecule has 0 amide bonds. The van der Waals surface area contributed by atoms with Gasteiger partial charge in [-0.2, -0.15) is 0 Å². The van der Waals surface area contributed by atoms with Gasteiger partial charge < -0.3 is 10.4 Å². The predicted octanol–water partition coefficient (Wildman–Crippen LogP) is -0.0156. The van der Waals surface area contributed by atoms with Crippen LogP contribution in [-0.4, -0.2) is 48.9 Å². The van der Waals surface area contributed by atoms with E-state index in [0.717, 1.165) is 24.8 Å². The third-order valence-corrected chi connectivity index (χ3v) is 3.91. The van der Waals surface area contributed by atoms with Crippen molar-refractivity contribution in [1.82, 2.24) is 14.7 Å². The maximum Gasteiger partial charge on any atom is 0.208 e. The van der Waals surface area contributed by atoms with E-state index in [1.807, 2.05) is 13.0 Å². The second-order valence-electron chi connectivity index (χ2n) is 5.14. The van der Waals surface area contributed by atoms with Crippen molar-refractivity contribution in [2.75, 3.05) is 24.7 Å². The molecule has 1 fully saturated rings. The standard InChI is InChI=1S/C12H20N4O3S/c1-8-15-11(9-5-10(17)6-9)7-12(16-8)13-3-4-14-20(2,18)19/h7,9-10,14,17H,3-6H2,1-2H3,(H,13,15,16). The van der Waals surface area contributed by atoms with Crippen molar-refractivity contribution >= 4 is 15.8 Å². The van der Waals surface area contributed by atoms with Crippen LogP contribution in [0.3, 0.4) is 0 Å². The van der Waals surface area contributed by atoms with E-state index in [4.69, 9.17) is 0 Å². The third-order valence-electron chi connectivity index (χ3n) is 3.18. The highest BCUT2D eigenvalue weighted by Gasteiger charge is 2.30. The molecule has 1 aromatic heterocycles. The van der Waals surface area contributed by atoms with E-state index in [1.54, 1.807) is 0 Å². The largest absolute Gasteiger partial charge is 0.393 e. The number of aromatic nitrogens is 2. The number of nitrogens with zero attached hydrogens (tertiary/aromatic N) is 2. The maximum atomic E-state index is 10.9. The van der Waals surface area contributed by atoms with Gasteiger partial charge in [0.1, 0.15) is 11.6 Å². The van der Waals surface area contributed by atoms with Gasteiger partial charge in [0.15, 0.2) is 0 Å². The van der Waals surface area contributed by atoms with E-state index in [-0.39, 0.29) is 6.10 Å². The van der Waals surface area contributed by atoms with Crippen molar-refractivity contribution in [2.24, 2.45) is 0 Å². The summed E-state index contributed by atoms with van der Waals surface area (Å²) in [5.41, 5.74) is 0.932. The Morgan fingerprint density at radius 2 is 2.05 bits per heavy atom. The van der Waals surface area contributed by atoms with Crippen molar-refractivity contribution in [3.05, 3.63) is 17.6 Å². The van der Waals surface area contributed by atoms with Crippen LogP contribution >= 0.6 is 0 Å². The molecule has 2 rings (SSSR count). The molecule has 0 saturated heterocycles. The number of aryl methyl sites for hydroxylation is 1. The lowest BCUT2D eigenvalue weighted by molar-refractivity contribution is 0.0731. The Bertz CT molecular complexity index is 570. The van der Waals surface area contributed by atoms with Gasteiger partial charge in [-0.25, -0.2) is 23.1 Å². The van der Waals surface area contributed by atoms with Gasteiger partial charge in [-0.05, 0) is 19.8 Å². The number of hydrogen-bond acceptors (Lipinski definition) is 6. The molecular formula is C12H20N4O3S. The Labute approximate surface area is 118 Å². The second-order valence-corrected chi connectivity index (χ2v) is 6.97. The summed E-state index contributed by atoms with van der Waals surface area (Å²) < 4.78 is 24.3. The Kier molecular flexibility index (Phi) is 4.56. The molecule has 8 heteroatoms. The average molecular weight is 300 g/mol. The lowest BCUT2D eigenvalue weighted by Gasteiger charge is -2.31. The van der Waals surface area contributed by atoms with Crippen LogP contribution in [0.1, 0.15) is 30.3 Å². The predicted molar refractivity (Wildman–Crippen MR) is 76.1 cm³/mol. The van der Waals surface area contributed by atoms with Gasteiger partial charge in [-0.15, -0.1) is 0 Å². The lowest BCUT2D eigenvalue weighted by atomic mass is 9.80. The third kappa shape index (κ3) is 4.39. The van der Waals surface area contributed by atoms with E-state index >= 15 is 0 Å². The summed E-state index contributed by atoms with van der Waals surface area (Å²) in [6, 6.07) is 1.87. The van der Waals surface area contributed by atoms with Gasteiger partial charge in [-0.3, -0.25) is 0 Å². The summed E-state index contributed by atoms with van der Waals surface area (Å²) >= 11 is 0. The Morgan fingerprint density at radius 3 is 2.65 bits per heavy atom. The molecule has 0 atom stereocenters. The number of hydrogen-bond donors (Lipinski definition) is 3. The van der Waals surface area contributed by atoms with E-state index in [1.165, 1.54) is 0 Å². The van der Waals surface area contributed by atoms with E-state index in [0.29, 0.717) is 30.6 Å². The number of sulfonamides is 1. The summed E-state index contributed by atoms with van der Waals surface area (Å²) in [4.78, 5) is 8.65. The molecule has 0 spiro atoms. The molecule has 0 unspecified atom stereocenters. The van der Waals surface area contributed by atoms with Crippen LogP contribution in [0.15, 0.2) is 6.07 Å². The molecule has 20 heavy (non-hydrogen) atoms. The van der Waals surface area contributed by atoms with Crippen molar-refractivity contribution < 1.29 is 13.5 Å². The Balaban J connectivity index is 1.91. The van der Waals surface area contributed by atoms with Crippen LogP contribution in [0.2, 0.25) is 0 Å². The minimum atomic E-state index is -3.16. The van der Waals surface area contributed by atoms with Crippen molar-refractivity contribution in [1.29, 1.82) is 0 Å². The summed E-state index contributed by atoms with van der Waals surface area (Å²) in [6.45, 7) is 2.58. The zero-order valence-corrected chi connectivity index (χ0v) is 12.4. The highest BCUT2D eigenvalue weighted by molar-refractivity contribution is 7.88. The molecule has 0 radical (unpaired) electrons. The fourth-order valence-electron chi connectivity index (χ4n) is 2.15. The molecule has 0 aromatic carbocycles. The number of aliphatic hydroxyl groups excluding tert-OH is 1. The minimum Gasteiger partial charge on any atom is -0.393 e. The van der Waals surface area contributed by atoms with Gasteiger partial charge in [-0.1, -0.05) is 0 Å². The van der Waals surface area contributed by atoms with Crippen molar-refractivity contribution in [3.63, 3.8) is 0 Å². The quantitative estimate of drug-likeness (QED) is 0.638. The monoisotopic (exact) mass is 300 g/mol. The summed E-state index contributed by atoms with van der Waals surface area (Å²) in [7, 11) is -3.16. The van der Waals surface area contributed by atoms with Crippen molar-refractivity contribution in [3.8, 4) is 0 Å². The van der Waals surface area contributed by atoms with Gasteiger partial charge in [0, 0.05) is 30.8 Å². The molecule has 112 valence electrons. The van der Waals surface area contributed by atoms with Crippen LogP contribution in [0, 0.1) is 6.92 Å². The maximum absolute atomic E-state index is 10.9. The van der Waals surface area contributed by atoms with Crippen LogP contribution in [0.25, 0.3) is 0 Å². The average Bonchev–Trinajstić information content (AvgIpc) is 2.29. The van der Waals surface area contributed by atoms with Crippen LogP contribution in [0.4, 0.5) is 5.82 Å². The highest BCUT2D eigenvalue weighted by Crippen LogP contribution is 2.36. The van der Waals surface area contributed by atoms with E-state index in [2.05, 4.69) is 20.0 Å². The number of rotatable bonds is 6. The van der Waals surface area contributed by atoms with Crippen LogP contribution < -0.4 is 10.0 Å². The topological polar surface area (TPSA) is 104 Å². The number of aliphatic hydroxyl groups is 1. The van der Waals surface area contributed by atoms with Gasteiger partial charge >= 0.3 is 0 Å². The minimum absolute atomic E-state index is 0.217. The molecular weight excluding hydrogens is 280 g/mol. The van der Waals surface area contributed by atoms with Gasteiger partial charge in [0.05, 0.1) is 12.4 Å². The van der Waals surface area contributed by atoms with Gasteiger partial charge in [0.25, 0.3) is 0 Å². The van der Waals surface area contributed by atoms with E-state index in [9.17, 15) is 13.5 Å². The van der Waals surface area contributed by atoms with Crippen LogP contribution in [-0.2, 0) is 10.0 Å².